The Morgan fingerprint density at radius 1 is 1.35 bits per heavy atom. The van der Waals surface area contributed by atoms with Gasteiger partial charge in [-0.05, 0) is 48.8 Å². The molecular formula is C15H20ClF. The molecule has 0 aromatic heterocycles. The molecule has 1 fully saturated rings. The van der Waals surface area contributed by atoms with Crippen LogP contribution in [0.5, 0.6) is 0 Å². The van der Waals surface area contributed by atoms with Gasteiger partial charge >= 0.3 is 0 Å². The highest BCUT2D eigenvalue weighted by atomic mass is 35.5. The minimum absolute atomic E-state index is 0.136. The van der Waals surface area contributed by atoms with E-state index in [2.05, 4.69) is 6.92 Å². The van der Waals surface area contributed by atoms with Crippen molar-refractivity contribution in [3.63, 3.8) is 0 Å². The fourth-order valence-corrected chi connectivity index (χ4v) is 3.61. The van der Waals surface area contributed by atoms with E-state index in [1.165, 1.54) is 31.7 Å². The largest absolute Gasteiger partial charge is 0.207 e. The van der Waals surface area contributed by atoms with Crippen molar-refractivity contribution in [2.45, 2.75) is 50.8 Å². The highest BCUT2D eigenvalue weighted by Gasteiger charge is 2.38. The Bertz CT molecular complexity index is 369. The van der Waals surface area contributed by atoms with Gasteiger partial charge in [0.1, 0.15) is 5.82 Å². The van der Waals surface area contributed by atoms with Gasteiger partial charge in [0, 0.05) is 5.38 Å². The van der Waals surface area contributed by atoms with Crippen LogP contribution in [-0.2, 0) is 6.42 Å². The number of alkyl halides is 1. The number of rotatable bonds is 4. The third kappa shape index (κ3) is 2.82. The van der Waals surface area contributed by atoms with Crippen LogP contribution in [0.4, 0.5) is 4.39 Å². The van der Waals surface area contributed by atoms with Gasteiger partial charge in [0.2, 0.25) is 0 Å². The van der Waals surface area contributed by atoms with E-state index in [4.69, 9.17) is 11.6 Å². The molecule has 0 N–H and O–H groups in total. The molecule has 0 amide bonds. The van der Waals surface area contributed by atoms with Crippen molar-refractivity contribution in [2.75, 3.05) is 0 Å². The summed E-state index contributed by atoms with van der Waals surface area (Å²) in [6, 6.07) is 6.82. The zero-order chi connectivity index (χ0) is 12.3. The van der Waals surface area contributed by atoms with Gasteiger partial charge < -0.3 is 0 Å². The highest BCUT2D eigenvalue weighted by Crippen LogP contribution is 2.46. The predicted octanol–water partition coefficient (Wildman–Crippen LogP) is 4.95. The molecule has 0 aliphatic heterocycles. The molecule has 1 unspecified atom stereocenters. The van der Waals surface area contributed by atoms with Crippen LogP contribution in [0.1, 0.15) is 44.6 Å². The predicted molar refractivity (Wildman–Crippen MR) is 70.9 cm³/mol. The average molecular weight is 255 g/mol. The molecule has 2 heteroatoms. The number of halogens is 2. The fraction of sp³-hybridized carbons (Fsp3) is 0.600. The van der Waals surface area contributed by atoms with E-state index in [1.54, 1.807) is 12.1 Å². The van der Waals surface area contributed by atoms with E-state index in [1.807, 2.05) is 6.07 Å². The Morgan fingerprint density at radius 3 is 2.65 bits per heavy atom. The van der Waals surface area contributed by atoms with Crippen LogP contribution in [0.15, 0.2) is 24.3 Å². The molecule has 0 saturated heterocycles. The van der Waals surface area contributed by atoms with Crippen molar-refractivity contribution in [1.82, 2.24) is 0 Å². The first-order valence-electron chi connectivity index (χ1n) is 6.55. The third-order valence-electron chi connectivity index (χ3n) is 4.27. The Kier molecular flexibility index (Phi) is 4.09. The van der Waals surface area contributed by atoms with Crippen molar-refractivity contribution in [2.24, 2.45) is 5.41 Å². The molecule has 0 spiro atoms. The summed E-state index contributed by atoms with van der Waals surface area (Å²) in [4.78, 5) is 0. The maximum Gasteiger partial charge on any atom is 0.123 e. The van der Waals surface area contributed by atoms with Gasteiger partial charge in [0.05, 0.1) is 0 Å². The second-order valence-electron chi connectivity index (χ2n) is 5.22. The van der Waals surface area contributed by atoms with Gasteiger partial charge in [0.15, 0.2) is 0 Å². The summed E-state index contributed by atoms with van der Waals surface area (Å²) in [6.07, 6.45) is 6.96. The quantitative estimate of drug-likeness (QED) is 0.667. The van der Waals surface area contributed by atoms with Gasteiger partial charge in [-0.3, -0.25) is 0 Å². The zero-order valence-corrected chi connectivity index (χ0v) is 11.1. The Hall–Kier alpha value is -0.560. The van der Waals surface area contributed by atoms with Gasteiger partial charge in [-0.1, -0.05) is 31.9 Å². The summed E-state index contributed by atoms with van der Waals surface area (Å²) < 4.78 is 13.1. The van der Waals surface area contributed by atoms with E-state index >= 15 is 0 Å². The van der Waals surface area contributed by atoms with Gasteiger partial charge in [-0.15, -0.1) is 11.6 Å². The molecule has 1 saturated carbocycles. The average Bonchev–Trinajstić information content (AvgIpc) is 2.78. The molecule has 0 bridgehead atoms. The molecule has 0 heterocycles. The summed E-state index contributed by atoms with van der Waals surface area (Å²) in [5.41, 5.74) is 1.30. The molecule has 17 heavy (non-hydrogen) atoms. The lowest BCUT2D eigenvalue weighted by molar-refractivity contribution is 0.267. The number of benzene rings is 1. The smallest absolute Gasteiger partial charge is 0.123 e. The minimum atomic E-state index is -0.164. The first-order chi connectivity index (χ1) is 8.16. The lowest BCUT2D eigenvalue weighted by Crippen LogP contribution is -2.29. The topological polar surface area (TPSA) is 0 Å². The lowest BCUT2D eigenvalue weighted by Gasteiger charge is -2.33. The number of hydrogen-bond acceptors (Lipinski definition) is 0. The van der Waals surface area contributed by atoms with Crippen LogP contribution < -0.4 is 0 Å². The highest BCUT2D eigenvalue weighted by molar-refractivity contribution is 6.21. The van der Waals surface area contributed by atoms with Crippen LogP contribution >= 0.6 is 11.6 Å². The van der Waals surface area contributed by atoms with Crippen molar-refractivity contribution in [3.05, 3.63) is 35.6 Å². The maximum absolute atomic E-state index is 13.1. The first kappa shape index (κ1) is 12.9. The van der Waals surface area contributed by atoms with E-state index < -0.39 is 0 Å². The van der Waals surface area contributed by atoms with Crippen molar-refractivity contribution in [1.29, 1.82) is 0 Å². The molecule has 1 atom stereocenters. The van der Waals surface area contributed by atoms with Gasteiger partial charge in [-0.2, -0.15) is 0 Å². The summed E-state index contributed by atoms with van der Waals surface area (Å²) in [5.74, 6) is -0.164. The van der Waals surface area contributed by atoms with Crippen LogP contribution in [-0.4, -0.2) is 5.38 Å². The van der Waals surface area contributed by atoms with Crippen molar-refractivity contribution < 1.29 is 4.39 Å². The molecule has 2 rings (SSSR count). The van der Waals surface area contributed by atoms with Crippen LogP contribution in [0.3, 0.4) is 0 Å². The summed E-state index contributed by atoms with van der Waals surface area (Å²) in [6.45, 7) is 2.23. The van der Waals surface area contributed by atoms with E-state index in [0.29, 0.717) is 0 Å². The van der Waals surface area contributed by atoms with Gasteiger partial charge in [0.25, 0.3) is 0 Å². The van der Waals surface area contributed by atoms with Crippen LogP contribution in [0, 0.1) is 11.2 Å². The molecular weight excluding hydrogens is 235 g/mol. The molecule has 1 aromatic carbocycles. The molecule has 1 aromatic rings. The summed E-state index contributed by atoms with van der Waals surface area (Å²) in [7, 11) is 0. The van der Waals surface area contributed by atoms with E-state index in [9.17, 15) is 4.39 Å². The Morgan fingerprint density at radius 2 is 2.06 bits per heavy atom. The summed E-state index contributed by atoms with van der Waals surface area (Å²) in [5, 5.41) is 0.136. The van der Waals surface area contributed by atoms with E-state index in [0.717, 1.165) is 18.4 Å². The monoisotopic (exact) mass is 254 g/mol. The normalized spacial score (nSPS) is 20.4. The molecule has 1 aliphatic rings. The Balaban J connectivity index is 2.07. The molecule has 1 aliphatic carbocycles. The van der Waals surface area contributed by atoms with Crippen molar-refractivity contribution >= 4 is 11.6 Å². The molecule has 94 valence electrons. The van der Waals surface area contributed by atoms with Gasteiger partial charge in [-0.25, -0.2) is 4.39 Å². The zero-order valence-electron chi connectivity index (χ0n) is 10.4. The Labute approximate surface area is 108 Å². The van der Waals surface area contributed by atoms with E-state index in [-0.39, 0.29) is 16.6 Å². The van der Waals surface area contributed by atoms with Crippen LogP contribution in [0.2, 0.25) is 0 Å². The second kappa shape index (κ2) is 5.39. The number of hydrogen-bond donors (Lipinski definition) is 0. The second-order valence-corrected chi connectivity index (χ2v) is 5.75. The fourth-order valence-electron chi connectivity index (χ4n) is 3.05. The van der Waals surface area contributed by atoms with Crippen LogP contribution in [0.25, 0.3) is 0 Å². The standard InChI is InChI=1S/C15H20ClF/c1-2-15(8-3-4-9-15)14(16)11-12-6-5-7-13(17)10-12/h5-7,10,14H,2-4,8-9,11H2,1H3. The first-order valence-corrected chi connectivity index (χ1v) is 6.98. The SMILES string of the molecule is CCC1(C(Cl)Cc2cccc(F)c2)CCCC1. The third-order valence-corrected chi connectivity index (χ3v) is 4.89. The summed E-state index contributed by atoms with van der Waals surface area (Å²) >= 11 is 6.61. The molecule has 0 radical (unpaired) electrons. The lowest BCUT2D eigenvalue weighted by atomic mass is 9.78. The van der Waals surface area contributed by atoms with Crippen molar-refractivity contribution in [3.8, 4) is 0 Å². The molecule has 0 nitrogen and oxygen atoms in total. The maximum atomic E-state index is 13.1. The minimum Gasteiger partial charge on any atom is -0.207 e.